The lowest BCUT2D eigenvalue weighted by atomic mass is 10.1. The molecule has 2 rings (SSSR count). The van der Waals surface area contributed by atoms with Gasteiger partial charge in [-0.25, -0.2) is 0 Å². The second-order valence-electron chi connectivity index (χ2n) is 3.38. The third kappa shape index (κ3) is 1.74. The maximum absolute atomic E-state index is 8.60. The molecule has 0 aromatic heterocycles. The fourth-order valence-electron chi connectivity index (χ4n) is 1.39. The highest BCUT2D eigenvalue weighted by atomic mass is 15.3. The molecular formula is C11H9N3. The van der Waals surface area contributed by atoms with E-state index in [9.17, 15) is 0 Å². The summed E-state index contributed by atoms with van der Waals surface area (Å²) < 4.78 is 0. The molecule has 1 saturated heterocycles. The topological polar surface area (TPSA) is 50.6 Å². The maximum Gasteiger partial charge on any atom is 0.111 e. The highest BCUT2D eigenvalue weighted by Gasteiger charge is 2.33. The van der Waals surface area contributed by atoms with Gasteiger partial charge in [0, 0.05) is 13.1 Å². The molecule has 1 fully saturated rings. The molecule has 2 unspecified atom stereocenters. The van der Waals surface area contributed by atoms with Crippen molar-refractivity contribution in [1.29, 1.82) is 10.5 Å². The van der Waals surface area contributed by atoms with Gasteiger partial charge in [0.25, 0.3) is 0 Å². The van der Waals surface area contributed by atoms with E-state index < -0.39 is 0 Å². The number of benzene rings is 1. The normalized spacial score (nSPS) is 23.6. The molecule has 3 nitrogen and oxygen atoms in total. The first-order chi connectivity index (χ1) is 6.83. The molecule has 0 bridgehead atoms. The monoisotopic (exact) mass is 183 g/mol. The molecule has 0 amide bonds. The lowest BCUT2D eigenvalue weighted by Gasteiger charge is -2.00. The Morgan fingerprint density at radius 2 is 2.00 bits per heavy atom. The average molecular weight is 183 g/mol. The zero-order valence-electron chi connectivity index (χ0n) is 7.64. The quantitative estimate of drug-likeness (QED) is 0.649. The Hall–Kier alpha value is -1.84. The molecule has 68 valence electrons. The summed E-state index contributed by atoms with van der Waals surface area (Å²) in [6.07, 6.45) is 0. The van der Waals surface area contributed by atoms with Crippen LogP contribution in [0.4, 0.5) is 0 Å². The van der Waals surface area contributed by atoms with Crippen molar-refractivity contribution in [2.45, 2.75) is 12.6 Å². The smallest absolute Gasteiger partial charge is 0.111 e. The van der Waals surface area contributed by atoms with E-state index in [4.69, 9.17) is 10.5 Å². The molecule has 0 aliphatic carbocycles. The van der Waals surface area contributed by atoms with Crippen molar-refractivity contribution < 1.29 is 0 Å². The molecule has 1 aromatic rings. The predicted octanol–water partition coefficient (Wildman–Crippen LogP) is 1.27. The van der Waals surface area contributed by atoms with E-state index in [0.717, 1.165) is 18.7 Å². The van der Waals surface area contributed by atoms with Crippen molar-refractivity contribution in [1.82, 2.24) is 4.90 Å². The average Bonchev–Trinajstić information content (AvgIpc) is 2.98. The van der Waals surface area contributed by atoms with Gasteiger partial charge in [-0.1, -0.05) is 12.1 Å². The molecule has 3 heteroatoms. The molecule has 1 heterocycles. The van der Waals surface area contributed by atoms with Crippen LogP contribution >= 0.6 is 0 Å². The van der Waals surface area contributed by atoms with Crippen molar-refractivity contribution in [3.05, 3.63) is 35.4 Å². The number of hydrogen-bond donors (Lipinski definition) is 0. The van der Waals surface area contributed by atoms with Gasteiger partial charge in [-0.05, 0) is 17.7 Å². The number of nitrogens with zero attached hydrogens (tertiary/aromatic N) is 3. The van der Waals surface area contributed by atoms with Crippen LogP contribution in [0.1, 0.15) is 11.1 Å². The molecule has 1 aromatic carbocycles. The minimum Gasteiger partial charge on any atom is -0.280 e. The third-order valence-electron chi connectivity index (χ3n) is 2.33. The Kier molecular flexibility index (Phi) is 2.18. The number of nitriles is 2. The van der Waals surface area contributed by atoms with Gasteiger partial charge in [0.15, 0.2) is 0 Å². The molecule has 0 saturated carbocycles. The lowest BCUT2D eigenvalue weighted by Crippen LogP contribution is -2.00. The minimum atomic E-state index is 0.102. The van der Waals surface area contributed by atoms with Gasteiger partial charge < -0.3 is 0 Å². The van der Waals surface area contributed by atoms with Crippen LogP contribution in [0.3, 0.4) is 0 Å². The van der Waals surface area contributed by atoms with E-state index in [0.29, 0.717) is 5.56 Å². The van der Waals surface area contributed by atoms with Crippen LogP contribution in [-0.2, 0) is 6.54 Å². The summed E-state index contributed by atoms with van der Waals surface area (Å²) >= 11 is 0. The Morgan fingerprint density at radius 1 is 1.29 bits per heavy atom. The van der Waals surface area contributed by atoms with E-state index in [2.05, 4.69) is 17.0 Å². The minimum absolute atomic E-state index is 0.102. The second-order valence-corrected chi connectivity index (χ2v) is 3.38. The van der Waals surface area contributed by atoms with E-state index >= 15 is 0 Å². The van der Waals surface area contributed by atoms with Crippen LogP contribution in [-0.4, -0.2) is 17.5 Å². The third-order valence-corrected chi connectivity index (χ3v) is 2.33. The molecule has 2 atom stereocenters. The Labute approximate surface area is 82.8 Å². The van der Waals surface area contributed by atoms with Crippen LogP contribution in [0.25, 0.3) is 0 Å². The largest absolute Gasteiger partial charge is 0.280 e. The zero-order valence-corrected chi connectivity index (χ0v) is 7.64. The lowest BCUT2D eigenvalue weighted by molar-refractivity contribution is 0.532. The summed E-state index contributed by atoms with van der Waals surface area (Å²) in [6, 6.07) is 11.9. The van der Waals surface area contributed by atoms with Crippen molar-refractivity contribution in [3.63, 3.8) is 0 Å². The molecule has 14 heavy (non-hydrogen) atoms. The molecule has 0 radical (unpaired) electrons. The van der Waals surface area contributed by atoms with Crippen LogP contribution in [0.2, 0.25) is 0 Å². The second kappa shape index (κ2) is 3.49. The highest BCUT2D eigenvalue weighted by molar-refractivity contribution is 5.31. The van der Waals surface area contributed by atoms with Crippen molar-refractivity contribution in [2.24, 2.45) is 0 Å². The van der Waals surface area contributed by atoms with Crippen LogP contribution in [0.5, 0.6) is 0 Å². The maximum atomic E-state index is 8.60. The van der Waals surface area contributed by atoms with Gasteiger partial charge in [0.05, 0.1) is 17.7 Å². The first kappa shape index (κ1) is 8.74. The summed E-state index contributed by atoms with van der Waals surface area (Å²) in [7, 11) is 0. The van der Waals surface area contributed by atoms with E-state index in [1.54, 1.807) is 12.1 Å². The molecule has 0 N–H and O–H groups in total. The zero-order chi connectivity index (χ0) is 9.97. The molecule has 1 aliphatic heterocycles. The van der Waals surface area contributed by atoms with Gasteiger partial charge in [-0.2, -0.15) is 10.5 Å². The Morgan fingerprint density at radius 3 is 2.50 bits per heavy atom. The summed E-state index contributed by atoms with van der Waals surface area (Å²) in [5.74, 6) is 0. The number of hydrogen-bond acceptors (Lipinski definition) is 3. The molecule has 0 spiro atoms. The van der Waals surface area contributed by atoms with Gasteiger partial charge >= 0.3 is 0 Å². The van der Waals surface area contributed by atoms with Crippen molar-refractivity contribution >= 4 is 0 Å². The first-order valence-corrected chi connectivity index (χ1v) is 4.46. The molecular weight excluding hydrogens is 174 g/mol. The van der Waals surface area contributed by atoms with Crippen LogP contribution < -0.4 is 0 Å². The fraction of sp³-hybridized carbons (Fsp3) is 0.273. The Bertz CT molecular complexity index is 408. The Balaban J connectivity index is 1.99. The summed E-state index contributed by atoms with van der Waals surface area (Å²) in [5.41, 5.74) is 1.83. The highest BCUT2D eigenvalue weighted by Crippen LogP contribution is 2.19. The summed E-state index contributed by atoms with van der Waals surface area (Å²) in [5, 5.41) is 17.2. The summed E-state index contributed by atoms with van der Waals surface area (Å²) in [4.78, 5) is 2.08. The summed E-state index contributed by atoms with van der Waals surface area (Å²) in [6.45, 7) is 1.68. The van der Waals surface area contributed by atoms with Crippen LogP contribution in [0.15, 0.2) is 24.3 Å². The standard InChI is InChI=1S/C11H9N3/c12-5-9-1-3-10(4-2-9)7-14-8-11(14)6-13/h1-4,11H,7-8H2. The van der Waals surface area contributed by atoms with E-state index in [1.165, 1.54) is 0 Å². The number of rotatable bonds is 2. The predicted molar refractivity (Wildman–Crippen MR) is 51.0 cm³/mol. The first-order valence-electron chi connectivity index (χ1n) is 4.46. The van der Waals surface area contributed by atoms with Gasteiger partial charge in [-0.15, -0.1) is 0 Å². The van der Waals surface area contributed by atoms with Crippen molar-refractivity contribution in [2.75, 3.05) is 6.54 Å². The SMILES string of the molecule is N#Cc1ccc(CN2CC2C#N)cc1. The molecule has 1 aliphatic rings. The van der Waals surface area contributed by atoms with Crippen LogP contribution in [0, 0.1) is 22.7 Å². The van der Waals surface area contributed by atoms with Crippen molar-refractivity contribution in [3.8, 4) is 12.1 Å². The van der Waals surface area contributed by atoms with Gasteiger partial charge in [0.2, 0.25) is 0 Å². The van der Waals surface area contributed by atoms with Gasteiger partial charge in [-0.3, -0.25) is 4.90 Å². The fourth-order valence-corrected chi connectivity index (χ4v) is 1.39. The van der Waals surface area contributed by atoms with Gasteiger partial charge in [0.1, 0.15) is 6.04 Å². The van der Waals surface area contributed by atoms with E-state index in [1.807, 2.05) is 12.1 Å². The van der Waals surface area contributed by atoms with E-state index in [-0.39, 0.29) is 6.04 Å².